The maximum atomic E-state index is 12.3. The van der Waals surface area contributed by atoms with E-state index in [-0.39, 0.29) is 24.0 Å². The van der Waals surface area contributed by atoms with Crippen molar-refractivity contribution in [1.29, 1.82) is 0 Å². The zero-order valence-corrected chi connectivity index (χ0v) is 19.3. The summed E-state index contributed by atoms with van der Waals surface area (Å²) in [6.07, 6.45) is -6.43. The van der Waals surface area contributed by atoms with Gasteiger partial charge in [0.05, 0.1) is 18.4 Å². The third kappa shape index (κ3) is 10.8. The normalized spacial score (nSPS) is 21.9. The zero-order chi connectivity index (χ0) is 27.7. The summed E-state index contributed by atoms with van der Waals surface area (Å²) in [7, 11) is 0. The molecule has 1 saturated carbocycles. The second-order valence-electron chi connectivity index (χ2n) is 8.21. The summed E-state index contributed by atoms with van der Waals surface area (Å²) in [5.41, 5.74) is 1.08. The first kappa shape index (κ1) is 31.1. The van der Waals surface area contributed by atoms with E-state index in [0.717, 1.165) is 38.2 Å². The van der Waals surface area contributed by atoms with Crippen molar-refractivity contribution in [3.63, 3.8) is 0 Å². The Kier molecular flexibility index (Phi) is 11.6. The topological polar surface area (TPSA) is 129 Å². The number of amides is 1. The van der Waals surface area contributed by atoms with Crippen molar-refractivity contribution in [3.8, 4) is 0 Å². The van der Waals surface area contributed by atoms with Gasteiger partial charge in [0.15, 0.2) is 0 Å². The lowest BCUT2D eigenvalue weighted by atomic mass is 10.1. The highest BCUT2D eigenvalue weighted by atomic mass is 19.4. The summed E-state index contributed by atoms with van der Waals surface area (Å²) in [6, 6.07) is 6.54. The molecule has 204 valence electrons. The van der Waals surface area contributed by atoms with Gasteiger partial charge in [-0.15, -0.1) is 0 Å². The molecule has 1 aliphatic heterocycles. The molecule has 2 heterocycles. The van der Waals surface area contributed by atoms with Crippen LogP contribution in [0.3, 0.4) is 0 Å². The number of carbonyl (C=O) groups excluding carboxylic acids is 1. The number of fused-ring (bicyclic) bond motifs is 1. The van der Waals surface area contributed by atoms with Crippen molar-refractivity contribution in [2.45, 2.75) is 63.8 Å². The van der Waals surface area contributed by atoms with E-state index in [1.807, 2.05) is 32.2 Å². The number of carboxylic acid groups (broad SMARTS) is 2. The molecule has 2 fully saturated rings. The van der Waals surface area contributed by atoms with Gasteiger partial charge in [-0.3, -0.25) is 14.7 Å². The Balaban J connectivity index is 0.000000383. The molecule has 1 saturated heterocycles. The van der Waals surface area contributed by atoms with Gasteiger partial charge in [0.2, 0.25) is 5.91 Å². The van der Waals surface area contributed by atoms with Gasteiger partial charge < -0.3 is 20.3 Å². The molecule has 3 rings (SSSR count). The number of nitrogens with zero attached hydrogens (tertiary/aromatic N) is 2. The molecular formula is C21H27F6N3O6. The Morgan fingerprint density at radius 2 is 1.64 bits per heavy atom. The highest BCUT2D eigenvalue weighted by Gasteiger charge is 2.43. The molecular weight excluding hydrogens is 504 g/mol. The Labute approximate surface area is 202 Å². The fourth-order valence-electron chi connectivity index (χ4n) is 3.54. The van der Waals surface area contributed by atoms with Gasteiger partial charge >= 0.3 is 24.3 Å². The number of ether oxygens (including phenoxy) is 1. The first-order valence-corrected chi connectivity index (χ1v) is 10.7. The van der Waals surface area contributed by atoms with Crippen LogP contribution in [0.25, 0.3) is 0 Å². The predicted octanol–water partition coefficient (Wildman–Crippen LogP) is 2.85. The average molecular weight is 531 g/mol. The van der Waals surface area contributed by atoms with Crippen molar-refractivity contribution in [2.24, 2.45) is 5.92 Å². The summed E-state index contributed by atoms with van der Waals surface area (Å²) in [6.45, 7) is 6.50. The molecule has 1 aromatic heterocycles. The van der Waals surface area contributed by atoms with Crippen molar-refractivity contribution in [1.82, 2.24) is 15.2 Å². The van der Waals surface area contributed by atoms with Crippen LogP contribution in [0, 0.1) is 5.92 Å². The van der Waals surface area contributed by atoms with Crippen LogP contribution in [0.1, 0.15) is 32.4 Å². The first-order valence-electron chi connectivity index (χ1n) is 10.7. The van der Waals surface area contributed by atoms with Crippen LogP contribution in [-0.2, 0) is 25.7 Å². The smallest absolute Gasteiger partial charge is 0.475 e. The molecule has 3 atom stereocenters. The predicted molar refractivity (Wildman–Crippen MR) is 112 cm³/mol. The third-order valence-corrected chi connectivity index (χ3v) is 5.03. The highest BCUT2D eigenvalue weighted by Crippen LogP contribution is 2.35. The number of hydrogen-bond acceptors (Lipinski definition) is 6. The lowest BCUT2D eigenvalue weighted by Gasteiger charge is -2.37. The number of carboxylic acids is 2. The number of alkyl halides is 6. The minimum absolute atomic E-state index is 0.0710. The van der Waals surface area contributed by atoms with Crippen molar-refractivity contribution in [3.05, 3.63) is 30.1 Å². The largest absolute Gasteiger partial charge is 0.490 e. The van der Waals surface area contributed by atoms with Crippen LogP contribution in [-0.4, -0.2) is 81.6 Å². The summed E-state index contributed by atoms with van der Waals surface area (Å²) < 4.78 is 69.4. The van der Waals surface area contributed by atoms with E-state index in [2.05, 4.69) is 21.3 Å². The van der Waals surface area contributed by atoms with E-state index in [9.17, 15) is 31.1 Å². The molecule has 0 bridgehead atoms. The van der Waals surface area contributed by atoms with Gasteiger partial charge in [-0.25, -0.2) is 9.59 Å². The molecule has 0 unspecified atom stereocenters. The molecule has 2 aliphatic rings. The number of rotatable bonds is 4. The lowest BCUT2D eigenvalue weighted by Crippen LogP contribution is -2.48. The summed E-state index contributed by atoms with van der Waals surface area (Å²) in [5.74, 6) is -5.27. The molecule has 1 amide bonds. The molecule has 1 aliphatic carbocycles. The number of aromatic nitrogens is 1. The zero-order valence-electron chi connectivity index (χ0n) is 19.3. The number of halogens is 6. The van der Waals surface area contributed by atoms with Crippen molar-refractivity contribution >= 4 is 17.8 Å². The molecule has 36 heavy (non-hydrogen) atoms. The summed E-state index contributed by atoms with van der Waals surface area (Å²) in [5, 5.41) is 17.3. The Morgan fingerprint density at radius 3 is 2.08 bits per heavy atom. The summed E-state index contributed by atoms with van der Waals surface area (Å²) >= 11 is 0. The SMILES string of the molecule is CC(C)NC(=O)[C@H]1C[C@@H]2[C@@H](C1)OCCN2Cc1ccccn1.O=C(O)C(F)(F)F.O=C(O)C(F)(F)F. The van der Waals surface area contributed by atoms with Gasteiger partial charge in [0, 0.05) is 37.3 Å². The molecule has 0 spiro atoms. The molecule has 15 heteroatoms. The van der Waals surface area contributed by atoms with Crippen LogP contribution >= 0.6 is 0 Å². The molecule has 9 nitrogen and oxygen atoms in total. The average Bonchev–Trinajstić information content (AvgIpc) is 3.19. The van der Waals surface area contributed by atoms with Gasteiger partial charge in [0.1, 0.15) is 0 Å². The summed E-state index contributed by atoms with van der Waals surface area (Å²) in [4.78, 5) is 36.9. The second kappa shape index (κ2) is 13.4. The Hall–Kier alpha value is -2.94. The van der Waals surface area contributed by atoms with Gasteiger partial charge in [-0.05, 0) is 38.8 Å². The number of hydrogen-bond donors (Lipinski definition) is 3. The van der Waals surface area contributed by atoms with Gasteiger partial charge in [-0.1, -0.05) is 6.07 Å². The number of pyridine rings is 1. The quantitative estimate of drug-likeness (QED) is 0.506. The van der Waals surface area contributed by atoms with E-state index in [1.54, 1.807) is 0 Å². The van der Waals surface area contributed by atoms with Crippen LogP contribution < -0.4 is 5.32 Å². The van der Waals surface area contributed by atoms with Gasteiger partial charge in [0.25, 0.3) is 0 Å². The molecule has 0 aromatic carbocycles. The number of aliphatic carboxylic acids is 2. The van der Waals surface area contributed by atoms with Crippen LogP contribution in [0.2, 0.25) is 0 Å². The minimum Gasteiger partial charge on any atom is -0.475 e. The number of morpholine rings is 1. The van der Waals surface area contributed by atoms with Gasteiger partial charge in [-0.2, -0.15) is 26.3 Å². The molecule has 3 N–H and O–H groups in total. The van der Waals surface area contributed by atoms with E-state index in [0.29, 0.717) is 6.04 Å². The third-order valence-electron chi connectivity index (χ3n) is 5.03. The Morgan fingerprint density at radius 1 is 1.08 bits per heavy atom. The maximum absolute atomic E-state index is 12.3. The first-order chi connectivity index (χ1) is 16.5. The second-order valence-corrected chi connectivity index (χ2v) is 8.21. The van der Waals surface area contributed by atoms with E-state index >= 15 is 0 Å². The molecule has 1 aromatic rings. The monoisotopic (exact) mass is 531 g/mol. The van der Waals surface area contributed by atoms with Crippen molar-refractivity contribution in [2.75, 3.05) is 13.2 Å². The minimum atomic E-state index is -5.08. The number of nitrogens with one attached hydrogen (secondary N) is 1. The Bertz CT molecular complexity index is 842. The fraction of sp³-hybridized carbons (Fsp3) is 0.619. The van der Waals surface area contributed by atoms with Crippen LogP contribution in [0.15, 0.2) is 24.4 Å². The van der Waals surface area contributed by atoms with Crippen molar-refractivity contribution < 1.29 is 55.7 Å². The lowest BCUT2D eigenvalue weighted by molar-refractivity contribution is -0.193. The maximum Gasteiger partial charge on any atom is 0.490 e. The van der Waals surface area contributed by atoms with E-state index in [1.165, 1.54) is 0 Å². The highest BCUT2D eigenvalue weighted by molar-refractivity contribution is 5.79. The molecule has 0 radical (unpaired) electrons. The van der Waals surface area contributed by atoms with E-state index < -0.39 is 24.3 Å². The van der Waals surface area contributed by atoms with Crippen LogP contribution in [0.4, 0.5) is 26.3 Å². The standard InChI is InChI=1S/C17H25N3O2.2C2HF3O2/c1-12(2)19-17(21)13-9-15-16(10-13)22-8-7-20(15)11-14-5-3-4-6-18-14;2*3-2(4,5)1(6)7/h3-6,12-13,15-16H,7-11H2,1-2H3,(H,19,21);2*(H,6,7)/t13-,15+,16+;;/m0../s1. The fourth-order valence-corrected chi connectivity index (χ4v) is 3.54. The van der Waals surface area contributed by atoms with Crippen LogP contribution in [0.5, 0.6) is 0 Å². The number of carbonyl (C=O) groups is 3. The van der Waals surface area contributed by atoms with E-state index in [4.69, 9.17) is 24.5 Å².